The molecule has 116 valence electrons. The Morgan fingerprint density at radius 1 is 1.43 bits per heavy atom. The Balaban J connectivity index is 1.70. The van der Waals surface area contributed by atoms with Crippen LogP contribution in [0.2, 0.25) is 0 Å². The van der Waals surface area contributed by atoms with Crippen molar-refractivity contribution in [2.75, 3.05) is 26.7 Å². The number of nitrogens with zero attached hydrogens (tertiary/aromatic N) is 1. The van der Waals surface area contributed by atoms with E-state index in [-0.39, 0.29) is 5.91 Å². The smallest absolute Gasteiger partial charge is 0.223 e. The number of benzene rings is 1. The number of hydrogen-bond donors (Lipinski definition) is 1. The Morgan fingerprint density at radius 3 is 3.00 bits per heavy atom. The van der Waals surface area contributed by atoms with Crippen LogP contribution in [0.5, 0.6) is 5.75 Å². The van der Waals surface area contributed by atoms with E-state index in [1.807, 2.05) is 29.2 Å². The van der Waals surface area contributed by atoms with Gasteiger partial charge < -0.3 is 15.0 Å². The Morgan fingerprint density at radius 2 is 2.24 bits per heavy atom. The monoisotopic (exact) mass is 290 g/mol. The molecule has 0 radical (unpaired) electrons. The predicted octanol–water partition coefficient (Wildman–Crippen LogP) is 2.43. The molecular formula is C17H26N2O2. The third kappa shape index (κ3) is 4.74. The van der Waals surface area contributed by atoms with E-state index in [1.54, 1.807) is 7.11 Å². The van der Waals surface area contributed by atoms with E-state index in [9.17, 15) is 4.79 Å². The molecule has 1 aromatic carbocycles. The van der Waals surface area contributed by atoms with Gasteiger partial charge in [-0.15, -0.1) is 0 Å². The Labute approximate surface area is 127 Å². The molecular weight excluding hydrogens is 264 g/mol. The van der Waals surface area contributed by atoms with Gasteiger partial charge in [-0.3, -0.25) is 4.79 Å². The topological polar surface area (TPSA) is 41.6 Å². The molecule has 0 aliphatic carbocycles. The highest BCUT2D eigenvalue weighted by molar-refractivity contribution is 5.76. The maximum atomic E-state index is 12.1. The van der Waals surface area contributed by atoms with Crippen molar-refractivity contribution in [3.8, 4) is 5.75 Å². The molecule has 0 saturated carbocycles. The number of nitrogens with one attached hydrogen (secondary N) is 1. The van der Waals surface area contributed by atoms with Crippen LogP contribution in [0.4, 0.5) is 0 Å². The predicted molar refractivity (Wildman–Crippen MR) is 84.3 cm³/mol. The maximum Gasteiger partial charge on any atom is 0.223 e. The van der Waals surface area contributed by atoms with Crippen LogP contribution in [0, 0.1) is 5.92 Å². The van der Waals surface area contributed by atoms with Crippen molar-refractivity contribution in [3.63, 3.8) is 0 Å². The molecule has 1 aromatic rings. The first-order valence-electron chi connectivity index (χ1n) is 7.81. The second-order valence-corrected chi connectivity index (χ2v) is 5.83. The quantitative estimate of drug-likeness (QED) is 0.818. The fraction of sp³-hybridized carbons (Fsp3) is 0.588. The van der Waals surface area contributed by atoms with Crippen LogP contribution in [-0.2, 0) is 11.3 Å². The highest BCUT2D eigenvalue weighted by atomic mass is 16.5. The molecule has 4 nitrogen and oxygen atoms in total. The number of ether oxygens (including phenoxy) is 1. The number of carbonyl (C=O) groups is 1. The van der Waals surface area contributed by atoms with Crippen LogP contribution in [0.15, 0.2) is 24.3 Å². The summed E-state index contributed by atoms with van der Waals surface area (Å²) in [5.74, 6) is 1.81. The Hall–Kier alpha value is -1.55. The zero-order chi connectivity index (χ0) is 15.1. The lowest BCUT2D eigenvalue weighted by Crippen LogP contribution is -2.40. The van der Waals surface area contributed by atoms with Crippen LogP contribution in [0.25, 0.3) is 0 Å². The van der Waals surface area contributed by atoms with Crippen LogP contribution in [-0.4, -0.2) is 37.6 Å². The molecule has 1 heterocycles. The highest BCUT2D eigenvalue weighted by Crippen LogP contribution is 2.17. The number of carbonyl (C=O) groups excluding carboxylic acids is 1. The van der Waals surface area contributed by atoms with Crippen molar-refractivity contribution >= 4 is 5.91 Å². The molecule has 1 aliphatic rings. The summed E-state index contributed by atoms with van der Waals surface area (Å²) in [7, 11) is 1.68. The van der Waals surface area contributed by atoms with Gasteiger partial charge in [0.05, 0.1) is 7.11 Å². The maximum absolute atomic E-state index is 12.1. The van der Waals surface area contributed by atoms with Crippen molar-refractivity contribution in [1.29, 1.82) is 0 Å². The number of piperidine rings is 1. The van der Waals surface area contributed by atoms with Crippen molar-refractivity contribution in [2.24, 2.45) is 5.92 Å². The fourth-order valence-corrected chi connectivity index (χ4v) is 2.84. The zero-order valence-corrected chi connectivity index (χ0v) is 13.1. The average Bonchev–Trinajstić information content (AvgIpc) is 2.51. The van der Waals surface area contributed by atoms with Crippen molar-refractivity contribution in [2.45, 2.75) is 32.7 Å². The SMILES string of the molecule is COc1ccccc1CNCCC(=O)N1CCCC(C)C1. The van der Waals surface area contributed by atoms with E-state index < -0.39 is 0 Å². The van der Waals surface area contributed by atoms with E-state index in [1.165, 1.54) is 6.42 Å². The van der Waals surface area contributed by atoms with Crippen LogP contribution in [0.3, 0.4) is 0 Å². The van der Waals surface area contributed by atoms with Gasteiger partial charge in [0, 0.05) is 38.2 Å². The first kappa shape index (κ1) is 15.8. The fourth-order valence-electron chi connectivity index (χ4n) is 2.84. The molecule has 1 saturated heterocycles. The molecule has 4 heteroatoms. The number of para-hydroxylation sites is 1. The van der Waals surface area contributed by atoms with Crippen LogP contribution >= 0.6 is 0 Å². The van der Waals surface area contributed by atoms with Gasteiger partial charge in [-0.05, 0) is 24.8 Å². The number of hydrogen-bond acceptors (Lipinski definition) is 3. The first-order valence-corrected chi connectivity index (χ1v) is 7.81. The minimum atomic E-state index is 0.272. The van der Waals surface area contributed by atoms with Gasteiger partial charge in [-0.1, -0.05) is 25.1 Å². The molecule has 21 heavy (non-hydrogen) atoms. The van der Waals surface area contributed by atoms with Gasteiger partial charge in [0.1, 0.15) is 5.75 Å². The normalized spacial score (nSPS) is 18.6. The van der Waals surface area contributed by atoms with Crippen molar-refractivity contribution in [1.82, 2.24) is 10.2 Å². The third-order valence-electron chi connectivity index (χ3n) is 4.03. The molecule has 1 unspecified atom stereocenters. The van der Waals surface area contributed by atoms with E-state index in [4.69, 9.17) is 4.74 Å². The van der Waals surface area contributed by atoms with Crippen LogP contribution in [0.1, 0.15) is 31.7 Å². The Bertz CT molecular complexity index is 462. The Kier molecular flexibility index (Phi) is 6.05. The van der Waals surface area contributed by atoms with Gasteiger partial charge in [0.15, 0.2) is 0 Å². The number of methoxy groups -OCH3 is 1. The summed E-state index contributed by atoms with van der Waals surface area (Å²) < 4.78 is 5.32. The van der Waals surface area contributed by atoms with Gasteiger partial charge >= 0.3 is 0 Å². The molecule has 1 amide bonds. The zero-order valence-electron chi connectivity index (χ0n) is 13.1. The molecule has 1 atom stereocenters. The molecule has 0 aromatic heterocycles. The number of likely N-dealkylation sites (tertiary alicyclic amines) is 1. The number of amides is 1. The second-order valence-electron chi connectivity index (χ2n) is 5.83. The summed E-state index contributed by atoms with van der Waals surface area (Å²) in [4.78, 5) is 14.2. The van der Waals surface area contributed by atoms with E-state index in [0.29, 0.717) is 18.9 Å². The van der Waals surface area contributed by atoms with Crippen LogP contribution < -0.4 is 10.1 Å². The van der Waals surface area contributed by atoms with Gasteiger partial charge in [0.25, 0.3) is 0 Å². The lowest BCUT2D eigenvalue weighted by molar-refractivity contribution is -0.132. The summed E-state index contributed by atoms with van der Waals surface area (Å²) in [5.41, 5.74) is 1.12. The third-order valence-corrected chi connectivity index (χ3v) is 4.03. The molecule has 1 fully saturated rings. The summed E-state index contributed by atoms with van der Waals surface area (Å²) in [6, 6.07) is 7.96. The average molecular weight is 290 g/mol. The first-order chi connectivity index (χ1) is 10.2. The lowest BCUT2D eigenvalue weighted by atomic mass is 10.00. The standard InChI is InChI=1S/C17H26N2O2/c1-14-6-5-11-19(13-14)17(20)9-10-18-12-15-7-3-4-8-16(15)21-2/h3-4,7-8,14,18H,5-6,9-13H2,1-2H3. The minimum absolute atomic E-state index is 0.272. The number of rotatable bonds is 6. The van der Waals surface area contributed by atoms with Gasteiger partial charge in [0.2, 0.25) is 5.91 Å². The lowest BCUT2D eigenvalue weighted by Gasteiger charge is -2.31. The summed E-state index contributed by atoms with van der Waals surface area (Å²) in [6.45, 7) is 5.51. The summed E-state index contributed by atoms with van der Waals surface area (Å²) in [6.07, 6.45) is 2.96. The highest BCUT2D eigenvalue weighted by Gasteiger charge is 2.20. The second kappa shape index (κ2) is 8.03. The summed E-state index contributed by atoms with van der Waals surface area (Å²) in [5, 5.41) is 3.33. The minimum Gasteiger partial charge on any atom is -0.496 e. The van der Waals surface area contributed by atoms with Crippen molar-refractivity contribution < 1.29 is 9.53 Å². The molecule has 2 rings (SSSR count). The van der Waals surface area contributed by atoms with Gasteiger partial charge in [-0.25, -0.2) is 0 Å². The largest absolute Gasteiger partial charge is 0.496 e. The van der Waals surface area contributed by atoms with E-state index in [0.717, 1.165) is 37.4 Å². The van der Waals surface area contributed by atoms with Gasteiger partial charge in [-0.2, -0.15) is 0 Å². The van der Waals surface area contributed by atoms with E-state index in [2.05, 4.69) is 12.2 Å². The van der Waals surface area contributed by atoms with Crippen molar-refractivity contribution in [3.05, 3.63) is 29.8 Å². The molecule has 0 spiro atoms. The molecule has 1 aliphatic heterocycles. The summed E-state index contributed by atoms with van der Waals surface area (Å²) >= 11 is 0. The molecule has 0 bridgehead atoms. The van der Waals surface area contributed by atoms with E-state index >= 15 is 0 Å². The molecule has 1 N–H and O–H groups in total.